The number of rotatable bonds is 4. The van der Waals surface area contributed by atoms with Crippen LogP contribution >= 0.6 is 0 Å². The van der Waals surface area contributed by atoms with Crippen molar-refractivity contribution >= 4 is 72.4 Å². The minimum Gasteiger partial charge on any atom is -0.309 e. The summed E-state index contributed by atoms with van der Waals surface area (Å²) in [5.74, 6) is 0. The molecule has 0 amide bonds. The molecule has 3 heterocycles. The Kier molecular flexibility index (Phi) is 6.84. The number of benzene rings is 9. The van der Waals surface area contributed by atoms with Gasteiger partial charge in [-0.2, -0.15) is 0 Å². The lowest BCUT2D eigenvalue weighted by molar-refractivity contribution is 0.660. The van der Waals surface area contributed by atoms with Crippen LogP contribution in [0.5, 0.6) is 0 Å². The van der Waals surface area contributed by atoms with Gasteiger partial charge in [0.1, 0.15) is 0 Å². The van der Waals surface area contributed by atoms with Crippen LogP contribution in [0.1, 0.15) is 25.0 Å². The molecule has 2 aromatic heterocycles. The Hall–Kier alpha value is -7.20. The quantitative estimate of drug-likeness (QED) is 0.157. The van der Waals surface area contributed by atoms with Crippen molar-refractivity contribution in [3.63, 3.8) is 0 Å². The highest BCUT2D eigenvalue weighted by molar-refractivity contribution is 7.22. The fourth-order valence-corrected chi connectivity index (χ4v) is 16.7. The van der Waals surface area contributed by atoms with Crippen molar-refractivity contribution in [3.05, 3.63) is 217 Å². The van der Waals surface area contributed by atoms with Crippen molar-refractivity contribution in [3.8, 4) is 33.6 Å². The molecule has 9 aromatic carbocycles. The summed E-state index contributed by atoms with van der Waals surface area (Å²) < 4.78 is 5.03. The van der Waals surface area contributed by atoms with Crippen LogP contribution in [0.2, 0.25) is 0 Å². The van der Waals surface area contributed by atoms with Crippen LogP contribution in [0, 0.1) is 0 Å². The Morgan fingerprint density at radius 1 is 0.350 bits per heavy atom. The third-order valence-electron chi connectivity index (χ3n) is 14.0. The molecule has 1 aliphatic heterocycles. The Labute approximate surface area is 350 Å². The number of hydrogen-bond acceptors (Lipinski definition) is 0. The highest BCUT2D eigenvalue weighted by Crippen LogP contribution is 2.50. The second-order valence-electron chi connectivity index (χ2n) is 17.2. The molecular formula is C57H40N2Si. The molecule has 0 spiro atoms. The molecule has 0 N–H and O–H groups in total. The van der Waals surface area contributed by atoms with Gasteiger partial charge < -0.3 is 9.13 Å². The molecule has 0 fully saturated rings. The summed E-state index contributed by atoms with van der Waals surface area (Å²) in [6, 6.07) is 77.9. The first-order chi connectivity index (χ1) is 29.5. The highest BCUT2D eigenvalue weighted by atomic mass is 28.3. The lowest BCUT2D eigenvalue weighted by atomic mass is 9.82. The van der Waals surface area contributed by atoms with E-state index in [0.29, 0.717) is 0 Å². The second kappa shape index (κ2) is 12.2. The average Bonchev–Trinajstić information content (AvgIpc) is 3.99. The minimum absolute atomic E-state index is 0.0833. The maximum absolute atomic E-state index is 2.67. The molecule has 11 aromatic rings. The van der Waals surface area contributed by atoms with E-state index in [1.54, 1.807) is 0 Å². The largest absolute Gasteiger partial charge is 0.309 e. The smallest absolute Gasteiger partial charge is 0.180 e. The van der Waals surface area contributed by atoms with Crippen molar-refractivity contribution in [1.82, 2.24) is 9.13 Å². The van der Waals surface area contributed by atoms with Gasteiger partial charge in [0.15, 0.2) is 8.07 Å². The van der Waals surface area contributed by atoms with E-state index in [0.717, 1.165) is 0 Å². The van der Waals surface area contributed by atoms with Crippen molar-refractivity contribution in [2.45, 2.75) is 19.3 Å². The van der Waals surface area contributed by atoms with Gasteiger partial charge in [-0.1, -0.05) is 172 Å². The molecule has 0 atom stereocenters. The van der Waals surface area contributed by atoms with E-state index in [1.165, 1.54) is 109 Å². The van der Waals surface area contributed by atoms with Gasteiger partial charge in [0.2, 0.25) is 0 Å². The van der Waals surface area contributed by atoms with Gasteiger partial charge in [0.05, 0.1) is 22.1 Å². The highest BCUT2D eigenvalue weighted by Gasteiger charge is 2.48. The van der Waals surface area contributed by atoms with E-state index < -0.39 is 8.07 Å². The molecule has 282 valence electrons. The average molecular weight is 781 g/mol. The van der Waals surface area contributed by atoms with Gasteiger partial charge in [-0.05, 0) is 103 Å². The minimum atomic E-state index is -2.67. The summed E-state index contributed by atoms with van der Waals surface area (Å²) in [5.41, 5.74) is 15.4. The molecule has 0 radical (unpaired) electrons. The number of nitrogens with zero attached hydrogens (tertiary/aromatic N) is 2. The van der Waals surface area contributed by atoms with Gasteiger partial charge in [-0.25, -0.2) is 0 Å². The third-order valence-corrected chi connectivity index (χ3v) is 18.9. The summed E-state index contributed by atoms with van der Waals surface area (Å²) in [4.78, 5) is 0. The molecule has 2 aliphatic rings. The Morgan fingerprint density at radius 2 is 0.817 bits per heavy atom. The van der Waals surface area contributed by atoms with E-state index in [1.807, 2.05) is 0 Å². The number of aromatic nitrogens is 2. The van der Waals surface area contributed by atoms with E-state index in [9.17, 15) is 0 Å². The molecular weight excluding hydrogens is 741 g/mol. The maximum Gasteiger partial charge on any atom is 0.180 e. The zero-order valence-corrected chi connectivity index (χ0v) is 34.5. The lowest BCUT2D eigenvalue weighted by Gasteiger charge is -2.31. The van der Waals surface area contributed by atoms with Crippen LogP contribution < -0.4 is 20.7 Å². The predicted octanol–water partition coefficient (Wildman–Crippen LogP) is 11.5. The molecule has 0 saturated carbocycles. The summed E-state index contributed by atoms with van der Waals surface area (Å²) in [5, 5.41) is 10.9. The van der Waals surface area contributed by atoms with Gasteiger partial charge in [0.25, 0.3) is 0 Å². The van der Waals surface area contributed by atoms with Crippen LogP contribution in [-0.4, -0.2) is 17.2 Å². The SMILES string of the molecule is CC1(C)c2ccccc2-c2ccc(-n3c4ccccc4c4c5c6ccccc6n(-c6ccc7c(c6)[Si](c6ccccc6)(c6ccccc6)c6ccccc6-7)c5ccc43)cc21. The predicted molar refractivity (Wildman–Crippen MR) is 255 cm³/mol. The maximum atomic E-state index is 2.55. The summed E-state index contributed by atoms with van der Waals surface area (Å²) in [7, 11) is -2.67. The standard InChI is InChI=1S/C57H40N2Si/c1-57(2)47-25-13-9-21-41(47)42-31-29-37(35-48(42)57)58-49-26-14-10-23-45(49)55-51(58)33-34-52-56(55)46-24-11-15-27-50(46)59(52)38-30-32-44-43-22-12-16-28-53(43)60(54(44)36-38,39-17-5-3-6-18-39)40-19-7-4-8-20-40/h3-36H,1-2H3. The Morgan fingerprint density at radius 3 is 1.45 bits per heavy atom. The van der Waals surface area contributed by atoms with Crippen molar-refractivity contribution in [2.75, 3.05) is 0 Å². The first-order valence-corrected chi connectivity index (χ1v) is 23.1. The van der Waals surface area contributed by atoms with Gasteiger partial charge in [0, 0.05) is 38.3 Å². The lowest BCUT2D eigenvalue weighted by Crippen LogP contribution is -2.72. The van der Waals surface area contributed by atoms with E-state index in [-0.39, 0.29) is 5.41 Å². The summed E-state index contributed by atoms with van der Waals surface area (Å²) in [6.07, 6.45) is 0. The van der Waals surface area contributed by atoms with Crippen LogP contribution in [0.3, 0.4) is 0 Å². The van der Waals surface area contributed by atoms with Crippen LogP contribution in [0.4, 0.5) is 0 Å². The fourth-order valence-electron chi connectivity index (χ4n) is 11.5. The third kappa shape index (κ3) is 4.27. The molecule has 0 saturated heterocycles. The molecule has 1 aliphatic carbocycles. The monoisotopic (exact) mass is 780 g/mol. The van der Waals surface area contributed by atoms with Crippen molar-refractivity contribution in [1.29, 1.82) is 0 Å². The van der Waals surface area contributed by atoms with Crippen molar-refractivity contribution in [2.24, 2.45) is 0 Å². The molecule has 13 rings (SSSR count). The van der Waals surface area contributed by atoms with E-state index in [4.69, 9.17) is 0 Å². The van der Waals surface area contributed by atoms with Crippen molar-refractivity contribution < 1.29 is 0 Å². The topological polar surface area (TPSA) is 9.86 Å². The molecule has 3 heteroatoms. The van der Waals surface area contributed by atoms with Crippen LogP contribution in [0.25, 0.3) is 77.2 Å². The Balaban J connectivity index is 1.08. The summed E-state index contributed by atoms with van der Waals surface area (Å²) >= 11 is 0. The van der Waals surface area contributed by atoms with E-state index in [2.05, 4.69) is 229 Å². The zero-order valence-electron chi connectivity index (χ0n) is 33.5. The zero-order chi connectivity index (χ0) is 39.7. The molecule has 0 bridgehead atoms. The number of para-hydroxylation sites is 2. The number of fused-ring (bicyclic) bond motifs is 13. The van der Waals surface area contributed by atoms with Crippen LogP contribution in [0.15, 0.2) is 206 Å². The molecule has 0 unspecified atom stereocenters. The van der Waals surface area contributed by atoms with Gasteiger partial charge in [-0.15, -0.1) is 0 Å². The van der Waals surface area contributed by atoms with Crippen LogP contribution in [-0.2, 0) is 5.41 Å². The van der Waals surface area contributed by atoms with Gasteiger partial charge >= 0.3 is 0 Å². The van der Waals surface area contributed by atoms with E-state index >= 15 is 0 Å². The normalized spacial score (nSPS) is 14.4. The first kappa shape index (κ1) is 33.7. The summed E-state index contributed by atoms with van der Waals surface area (Å²) in [6.45, 7) is 4.74. The second-order valence-corrected chi connectivity index (χ2v) is 20.9. The van der Waals surface area contributed by atoms with Gasteiger partial charge in [-0.3, -0.25) is 0 Å². The number of hydrogen-bond donors (Lipinski definition) is 0. The molecule has 60 heavy (non-hydrogen) atoms. The first-order valence-electron chi connectivity index (χ1n) is 21.1. The fraction of sp³-hybridized carbons (Fsp3) is 0.0526. The Bertz CT molecular complexity index is 3530. The molecule has 2 nitrogen and oxygen atoms in total.